The lowest BCUT2D eigenvalue weighted by molar-refractivity contribution is 1.15. The van der Waals surface area contributed by atoms with Crippen LogP contribution in [0.3, 0.4) is 0 Å². The second-order valence-electron chi connectivity index (χ2n) is 4.44. The van der Waals surface area contributed by atoms with E-state index in [9.17, 15) is 0 Å². The molecule has 3 N–H and O–H groups in total. The summed E-state index contributed by atoms with van der Waals surface area (Å²) in [6, 6.07) is 11.8. The fourth-order valence-electron chi connectivity index (χ4n) is 1.99. The Bertz CT molecular complexity index is 722. The summed E-state index contributed by atoms with van der Waals surface area (Å²) in [5.41, 5.74) is 6.72. The number of nitrogens with zero attached hydrogens (tertiary/aromatic N) is 2. The summed E-state index contributed by atoms with van der Waals surface area (Å²) in [5, 5.41) is 4.14. The molecule has 3 rings (SSSR count). The maximum absolute atomic E-state index is 5.52. The molecule has 5 heteroatoms. The third-order valence-electron chi connectivity index (χ3n) is 3.04. The van der Waals surface area contributed by atoms with Crippen molar-refractivity contribution in [1.29, 1.82) is 0 Å². The van der Waals surface area contributed by atoms with Crippen molar-refractivity contribution in [2.24, 2.45) is 5.84 Å². The van der Waals surface area contributed by atoms with Gasteiger partial charge in [0.25, 0.3) is 0 Å². The second-order valence-corrected chi connectivity index (χ2v) is 5.18. The predicted molar refractivity (Wildman–Crippen MR) is 83.3 cm³/mol. The molecule has 0 saturated carbocycles. The van der Waals surface area contributed by atoms with Gasteiger partial charge in [0.2, 0.25) is 0 Å². The number of nitrogens with one attached hydrogen (secondary N) is 1. The highest BCUT2D eigenvalue weighted by Crippen LogP contribution is 2.27. The summed E-state index contributed by atoms with van der Waals surface area (Å²) in [5.74, 6) is 6.82. The van der Waals surface area contributed by atoms with Gasteiger partial charge in [-0.3, -0.25) is 0 Å². The van der Waals surface area contributed by atoms with Gasteiger partial charge in [-0.05, 0) is 17.9 Å². The zero-order chi connectivity index (χ0) is 13.9. The molecule has 2 aromatic heterocycles. The van der Waals surface area contributed by atoms with Gasteiger partial charge in [-0.25, -0.2) is 15.8 Å². The Hall–Kier alpha value is -2.24. The number of anilines is 1. The first-order valence-corrected chi connectivity index (χ1v) is 7.16. The van der Waals surface area contributed by atoms with E-state index in [-0.39, 0.29) is 0 Å². The third-order valence-corrected chi connectivity index (χ3v) is 3.90. The lowest BCUT2D eigenvalue weighted by Gasteiger charge is -2.07. The largest absolute Gasteiger partial charge is 0.308 e. The number of benzene rings is 1. The van der Waals surface area contributed by atoms with E-state index in [0.29, 0.717) is 11.6 Å². The first kappa shape index (κ1) is 12.8. The van der Waals surface area contributed by atoms with Crippen LogP contribution in [-0.4, -0.2) is 9.97 Å². The first-order valence-electron chi connectivity index (χ1n) is 6.22. The zero-order valence-electron chi connectivity index (χ0n) is 11.0. The van der Waals surface area contributed by atoms with Gasteiger partial charge < -0.3 is 5.43 Å². The van der Waals surface area contributed by atoms with Gasteiger partial charge in [-0.1, -0.05) is 30.3 Å². The van der Waals surface area contributed by atoms with Crippen molar-refractivity contribution in [3.63, 3.8) is 0 Å². The molecule has 0 saturated heterocycles. The SMILES string of the molecule is Cc1cscc1-c1nc(NN)cc(-c2ccccc2)n1. The molecule has 0 aliphatic rings. The summed E-state index contributed by atoms with van der Waals surface area (Å²) >= 11 is 1.64. The fraction of sp³-hybridized carbons (Fsp3) is 0.0667. The van der Waals surface area contributed by atoms with Crippen molar-refractivity contribution >= 4 is 17.2 Å². The minimum Gasteiger partial charge on any atom is -0.308 e. The van der Waals surface area contributed by atoms with Gasteiger partial charge in [0, 0.05) is 22.6 Å². The van der Waals surface area contributed by atoms with Gasteiger partial charge in [-0.15, -0.1) is 0 Å². The minimum absolute atomic E-state index is 0.611. The van der Waals surface area contributed by atoms with Crippen LogP contribution in [0.1, 0.15) is 5.56 Å². The van der Waals surface area contributed by atoms with Crippen LogP contribution in [0.5, 0.6) is 0 Å². The van der Waals surface area contributed by atoms with Crippen molar-refractivity contribution in [2.45, 2.75) is 6.92 Å². The highest BCUT2D eigenvalue weighted by Gasteiger charge is 2.10. The molecular formula is C15H14N4S. The third kappa shape index (κ3) is 2.41. The number of hydrogen-bond donors (Lipinski definition) is 2. The Morgan fingerprint density at radius 1 is 1.10 bits per heavy atom. The highest BCUT2D eigenvalue weighted by atomic mass is 32.1. The molecule has 4 nitrogen and oxygen atoms in total. The number of rotatable bonds is 3. The standard InChI is InChI=1S/C15H14N4S/c1-10-8-20-9-12(10)15-17-13(7-14(18-15)19-16)11-5-3-2-4-6-11/h2-9H,16H2,1H3,(H,17,18,19). The number of aromatic nitrogens is 2. The highest BCUT2D eigenvalue weighted by molar-refractivity contribution is 7.08. The quantitative estimate of drug-likeness (QED) is 0.570. The Balaban J connectivity index is 2.15. The van der Waals surface area contributed by atoms with Crippen LogP contribution >= 0.6 is 11.3 Å². The molecule has 100 valence electrons. The van der Waals surface area contributed by atoms with Crippen LogP contribution in [0, 0.1) is 6.92 Å². The molecular weight excluding hydrogens is 268 g/mol. The van der Waals surface area contributed by atoms with Gasteiger partial charge >= 0.3 is 0 Å². The van der Waals surface area contributed by atoms with Crippen molar-refractivity contribution in [2.75, 3.05) is 5.43 Å². The van der Waals surface area contributed by atoms with Crippen LogP contribution in [0.2, 0.25) is 0 Å². The van der Waals surface area contributed by atoms with Gasteiger partial charge in [-0.2, -0.15) is 11.3 Å². The molecule has 0 unspecified atom stereocenters. The van der Waals surface area contributed by atoms with Gasteiger partial charge in [0.1, 0.15) is 5.82 Å². The molecule has 20 heavy (non-hydrogen) atoms. The molecule has 0 amide bonds. The van der Waals surface area contributed by atoms with E-state index in [1.165, 1.54) is 5.56 Å². The first-order chi connectivity index (χ1) is 9.78. The number of hydrogen-bond acceptors (Lipinski definition) is 5. The van der Waals surface area contributed by atoms with E-state index in [1.54, 1.807) is 11.3 Å². The maximum Gasteiger partial charge on any atom is 0.163 e. The van der Waals surface area contributed by atoms with Crippen molar-refractivity contribution < 1.29 is 0 Å². The van der Waals surface area contributed by atoms with Gasteiger partial charge in [0.05, 0.1) is 5.69 Å². The second kappa shape index (κ2) is 5.40. The smallest absolute Gasteiger partial charge is 0.163 e. The zero-order valence-corrected chi connectivity index (χ0v) is 11.8. The molecule has 0 radical (unpaired) electrons. The van der Waals surface area contributed by atoms with Crippen LogP contribution in [0.15, 0.2) is 47.2 Å². The molecule has 1 aromatic carbocycles. The minimum atomic E-state index is 0.611. The van der Waals surface area contributed by atoms with Gasteiger partial charge in [0.15, 0.2) is 5.82 Å². The van der Waals surface area contributed by atoms with Crippen molar-refractivity contribution in [1.82, 2.24) is 9.97 Å². The topological polar surface area (TPSA) is 63.8 Å². The molecule has 0 bridgehead atoms. The molecule has 0 aliphatic heterocycles. The lowest BCUT2D eigenvalue weighted by atomic mass is 10.1. The van der Waals surface area contributed by atoms with E-state index in [4.69, 9.17) is 5.84 Å². The summed E-state index contributed by atoms with van der Waals surface area (Å²) in [6.07, 6.45) is 0. The Morgan fingerprint density at radius 3 is 2.55 bits per heavy atom. The Kier molecular flexibility index (Phi) is 3.45. The molecule has 0 spiro atoms. The maximum atomic E-state index is 5.52. The van der Waals surface area contributed by atoms with E-state index >= 15 is 0 Å². The Morgan fingerprint density at radius 2 is 1.90 bits per heavy atom. The van der Waals surface area contributed by atoms with E-state index in [2.05, 4.69) is 33.1 Å². The predicted octanol–water partition coefficient (Wildman–Crippen LogP) is 3.47. The summed E-state index contributed by atoms with van der Waals surface area (Å²) in [6.45, 7) is 2.06. The van der Waals surface area contributed by atoms with Crippen molar-refractivity contribution in [3.05, 3.63) is 52.7 Å². The van der Waals surface area contributed by atoms with Crippen molar-refractivity contribution in [3.8, 4) is 22.6 Å². The number of thiophene rings is 1. The molecule has 2 heterocycles. The average Bonchev–Trinajstić information content (AvgIpc) is 2.94. The van der Waals surface area contributed by atoms with E-state index in [0.717, 1.165) is 16.8 Å². The molecule has 0 fully saturated rings. The monoisotopic (exact) mass is 282 g/mol. The normalized spacial score (nSPS) is 10.5. The number of hydrazine groups is 1. The number of nitrogen functional groups attached to an aromatic ring is 1. The van der Waals surface area contributed by atoms with Crippen LogP contribution in [0.4, 0.5) is 5.82 Å². The summed E-state index contributed by atoms with van der Waals surface area (Å²) in [4.78, 5) is 9.10. The number of nitrogens with two attached hydrogens (primary N) is 1. The lowest BCUT2D eigenvalue weighted by Crippen LogP contribution is -2.10. The summed E-state index contributed by atoms with van der Waals surface area (Å²) in [7, 11) is 0. The number of aryl methyl sites for hydroxylation is 1. The van der Waals surface area contributed by atoms with E-state index < -0.39 is 0 Å². The van der Waals surface area contributed by atoms with Crippen LogP contribution in [0.25, 0.3) is 22.6 Å². The molecule has 0 atom stereocenters. The molecule has 3 aromatic rings. The van der Waals surface area contributed by atoms with Crippen LogP contribution in [-0.2, 0) is 0 Å². The average molecular weight is 282 g/mol. The van der Waals surface area contributed by atoms with Crippen LogP contribution < -0.4 is 11.3 Å². The Labute approximate surface area is 121 Å². The summed E-state index contributed by atoms with van der Waals surface area (Å²) < 4.78 is 0. The fourth-order valence-corrected chi connectivity index (χ4v) is 2.81. The van der Waals surface area contributed by atoms with E-state index in [1.807, 2.05) is 36.4 Å². The molecule has 0 aliphatic carbocycles.